The second kappa shape index (κ2) is 5.38. The first-order valence-electron chi connectivity index (χ1n) is 4.99. The lowest BCUT2D eigenvalue weighted by molar-refractivity contribution is 0.181. The minimum absolute atomic E-state index is 0.472. The van der Waals surface area contributed by atoms with E-state index in [4.69, 9.17) is 10.00 Å². The Morgan fingerprint density at radius 3 is 2.40 bits per heavy atom. The molecule has 1 N–H and O–H groups in total. The van der Waals surface area contributed by atoms with E-state index in [0.29, 0.717) is 6.61 Å². The Morgan fingerprint density at radius 1 is 1.40 bits per heavy atom. The van der Waals surface area contributed by atoms with Crippen molar-refractivity contribution in [3.63, 3.8) is 0 Å². The van der Waals surface area contributed by atoms with Crippen LogP contribution in [-0.2, 0) is 0 Å². The molecular weight excluding hydrogens is 190 g/mol. The van der Waals surface area contributed by atoms with Gasteiger partial charge in [0.05, 0.1) is 24.7 Å². The normalized spacial score (nSPS) is 14.0. The van der Waals surface area contributed by atoms with E-state index < -0.39 is 12.0 Å². The van der Waals surface area contributed by atoms with E-state index in [0.717, 1.165) is 11.3 Å². The summed E-state index contributed by atoms with van der Waals surface area (Å²) in [5.41, 5.74) is 0.816. The maximum atomic E-state index is 9.38. The molecule has 0 aromatic heterocycles. The van der Waals surface area contributed by atoms with E-state index in [9.17, 15) is 5.11 Å². The second-order valence-corrected chi connectivity index (χ2v) is 3.35. The fraction of sp³-hybridized carbons (Fsp3) is 0.417. The molecule has 1 aromatic rings. The standard InChI is InChI=1S/C12H15NO2/c1-3-15-11-6-4-10(5-7-11)12(8-13)9(2)14/h4-7,9,12,14H,3H2,1-2H3. The first-order valence-corrected chi connectivity index (χ1v) is 4.99. The molecule has 0 aliphatic carbocycles. The number of benzene rings is 1. The van der Waals surface area contributed by atoms with Gasteiger partial charge in [-0.1, -0.05) is 12.1 Å². The fourth-order valence-electron chi connectivity index (χ4n) is 1.40. The Labute approximate surface area is 89.9 Å². The number of ether oxygens (including phenoxy) is 1. The van der Waals surface area contributed by atoms with Gasteiger partial charge >= 0.3 is 0 Å². The van der Waals surface area contributed by atoms with Crippen LogP contribution in [0.15, 0.2) is 24.3 Å². The summed E-state index contributed by atoms with van der Waals surface area (Å²) in [6.45, 7) is 4.16. The summed E-state index contributed by atoms with van der Waals surface area (Å²) in [6, 6.07) is 9.32. The van der Waals surface area contributed by atoms with Crippen LogP contribution in [-0.4, -0.2) is 17.8 Å². The zero-order valence-corrected chi connectivity index (χ0v) is 8.97. The minimum Gasteiger partial charge on any atom is -0.494 e. The largest absolute Gasteiger partial charge is 0.494 e. The van der Waals surface area contributed by atoms with Crippen molar-refractivity contribution in [1.82, 2.24) is 0 Å². The van der Waals surface area contributed by atoms with Crippen LogP contribution in [0.25, 0.3) is 0 Å². The third kappa shape index (κ3) is 2.97. The first kappa shape index (κ1) is 11.5. The molecule has 0 fully saturated rings. The van der Waals surface area contributed by atoms with Gasteiger partial charge in [0.25, 0.3) is 0 Å². The number of rotatable bonds is 4. The Balaban J connectivity index is 2.83. The van der Waals surface area contributed by atoms with Crippen molar-refractivity contribution in [2.45, 2.75) is 25.9 Å². The lowest BCUT2D eigenvalue weighted by atomic mass is 9.96. The average molecular weight is 205 g/mol. The molecule has 0 bridgehead atoms. The summed E-state index contributed by atoms with van der Waals surface area (Å²) in [5.74, 6) is 0.309. The number of aliphatic hydroxyl groups is 1. The molecule has 0 amide bonds. The molecule has 0 saturated carbocycles. The van der Waals surface area contributed by atoms with Gasteiger partial charge in [-0.2, -0.15) is 5.26 Å². The van der Waals surface area contributed by atoms with Gasteiger partial charge in [0, 0.05) is 0 Å². The molecule has 3 heteroatoms. The summed E-state index contributed by atoms with van der Waals surface area (Å²) >= 11 is 0. The maximum absolute atomic E-state index is 9.38. The van der Waals surface area contributed by atoms with Crippen LogP contribution in [0.5, 0.6) is 5.75 Å². The number of aliphatic hydroxyl groups excluding tert-OH is 1. The van der Waals surface area contributed by atoms with Crippen molar-refractivity contribution in [3.8, 4) is 11.8 Å². The van der Waals surface area contributed by atoms with Gasteiger partial charge < -0.3 is 9.84 Å². The second-order valence-electron chi connectivity index (χ2n) is 3.35. The molecule has 0 radical (unpaired) electrons. The van der Waals surface area contributed by atoms with Crippen molar-refractivity contribution in [3.05, 3.63) is 29.8 Å². The highest BCUT2D eigenvalue weighted by Gasteiger charge is 2.16. The van der Waals surface area contributed by atoms with E-state index in [1.807, 2.05) is 31.2 Å². The topological polar surface area (TPSA) is 53.2 Å². The van der Waals surface area contributed by atoms with Gasteiger partial charge in [0.2, 0.25) is 0 Å². The zero-order valence-electron chi connectivity index (χ0n) is 8.97. The van der Waals surface area contributed by atoms with E-state index in [2.05, 4.69) is 6.07 Å². The fourth-order valence-corrected chi connectivity index (χ4v) is 1.40. The van der Waals surface area contributed by atoms with Gasteiger partial charge in [0.1, 0.15) is 5.75 Å². The highest BCUT2D eigenvalue weighted by Crippen LogP contribution is 2.21. The third-order valence-corrected chi connectivity index (χ3v) is 2.17. The van der Waals surface area contributed by atoms with Gasteiger partial charge in [-0.3, -0.25) is 0 Å². The predicted octanol–water partition coefficient (Wildman–Crippen LogP) is 2.07. The highest BCUT2D eigenvalue weighted by molar-refractivity contribution is 5.32. The molecule has 1 rings (SSSR count). The van der Waals surface area contributed by atoms with Crippen molar-refractivity contribution in [2.75, 3.05) is 6.61 Å². The van der Waals surface area contributed by atoms with E-state index in [1.165, 1.54) is 0 Å². The number of hydrogen-bond acceptors (Lipinski definition) is 3. The van der Waals surface area contributed by atoms with Gasteiger partial charge in [-0.05, 0) is 31.5 Å². The molecule has 0 saturated heterocycles. The molecule has 0 heterocycles. The van der Waals surface area contributed by atoms with Gasteiger partial charge in [-0.15, -0.1) is 0 Å². The van der Waals surface area contributed by atoms with Crippen molar-refractivity contribution in [1.29, 1.82) is 5.26 Å². The predicted molar refractivity (Wildman–Crippen MR) is 57.6 cm³/mol. The lowest BCUT2D eigenvalue weighted by Gasteiger charge is -2.12. The Hall–Kier alpha value is -1.53. The van der Waals surface area contributed by atoms with Crippen LogP contribution < -0.4 is 4.74 Å². The van der Waals surface area contributed by atoms with Crippen molar-refractivity contribution < 1.29 is 9.84 Å². The SMILES string of the molecule is CCOc1ccc(C(C#N)C(C)O)cc1. The van der Waals surface area contributed by atoms with Crippen LogP contribution in [0.2, 0.25) is 0 Å². The number of nitriles is 1. The molecule has 80 valence electrons. The first-order chi connectivity index (χ1) is 7.19. The van der Waals surface area contributed by atoms with Crippen LogP contribution in [0.4, 0.5) is 0 Å². The summed E-state index contributed by atoms with van der Waals surface area (Å²) in [5, 5.41) is 18.3. The molecule has 0 aliphatic heterocycles. The summed E-state index contributed by atoms with van der Waals surface area (Å²) in [6.07, 6.45) is -0.659. The number of hydrogen-bond donors (Lipinski definition) is 1. The zero-order chi connectivity index (χ0) is 11.3. The van der Waals surface area contributed by atoms with Gasteiger partial charge in [0.15, 0.2) is 0 Å². The van der Waals surface area contributed by atoms with Crippen molar-refractivity contribution in [2.24, 2.45) is 0 Å². The van der Waals surface area contributed by atoms with Crippen LogP contribution >= 0.6 is 0 Å². The molecule has 3 nitrogen and oxygen atoms in total. The van der Waals surface area contributed by atoms with Crippen LogP contribution in [0.1, 0.15) is 25.3 Å². The Kier molecular flexibility index (Phi) is 4.14. The maximum Gasteiger partial charge on any atom is 0.119 e. The van der Waals surface area contributed by atoms with Crippen molar-refractivity contribution >= 4 is 0 Å². The molecule has 1 aromatic carbocycles. The quantitative estimate of drug-likeness (QED) is 0.818. The molecular formula is C12H15NO2. The monoisotopic (exact) mass is 205 g/mol. The third-order valence-electron chi connectivity index (χ3n) is 2.17. The molecule has 15 heavy (non-hydrogen) atoms. The minimum atomic E-state index is -0.659. The molecule has 2 unspecified atom stereocenters. The molecule has 0 spiro atoms. The summed E-state index contributed by atoms with van der Waals surface area (Å²) < 4.78 is 5.29. The van der Waals surface area contributed by atoms with E-state index in [-0.39, 0.29) is 0 Å². The van der Waals surface area contributed by atoms with E-state index in [1.54, 1.807) is 6.92 Å². The summed E-state index contributed by atoms with van der Waals surface area (Å²) in [7, 11) is 0. The average Bonchev–Trinajstić information content (AvgIpc) is 2.21. The highest BCUT2D eigenvalue weighted by atomic mass is 16.5. The number of nitrogens with zero attached hydrogens (tertiary/aromatic N) is 1. The van der Waals surface area contributed by atoms with Crippen LogP contribution in [0.3, 0.4) is 0 Å². The molecule has 0 aliphatic rings. The van der Waals surface area contributed by atoms with Gasteiger partial charge in [-0.25, -0.2) is 0 Å². The van der Waals surface area contributed by atoms with Crippen LogP contribution in [0, 0.1) is 11.3 Å². The molecule has 2 atom stereocenters. The lowest BCUT2D eigenvalue weighted by Crippen LogP contribution is -2.12. The van der Waals surface area contributed by atoms with E-state index >= 15 is 0 Å². The Bertz CT molecular complexity index is 338. The smallest absolute Gasteiger partial charge is 0.119 e. The Morgan fingerprint density at radius 2 is 2.00 bits per heavy atom. The summed E-state index contributed by atoms with van der Waals surface area (Å²) in [4.78, 5) is 0.